The van der Waals surface area contributed by atoms with Gasteiger partial charge in [-0.1, -0.05) is 71.6 Å². The van der Waals surface area contributed by atoms with E-state index in [2.05, 4.69) is 13.8 Å². The van der Waals surface area contributed by atoms with Crippen molar-refractivity contribution >= 4 is 5.97 Å². The van der Waals surface area contributed by atoms with Gasteiger partial charge >= 0.3 is 5.97 Å². The number of ether oxygens (including phenoxy) is 3. The molecule has 0 unspecified atom stereocenters. The maximum Gasteiger partial charge on any atom is 0.305 e. The van der Waals surface area contributed by atoms with E-state index in [1.54, 1.807) is 0 Å². The first kappa shape index (κ1) is 26.3. The Morgan fingerprint density at radius 3 is 2.03 bits per heavy atom. The second-order valence-electron chi connectivity index (χ2n) is 8.00. The summed E-state index contributed by atoms with van der Waals surface area (Å²) in [6.45, 7) is 4.54. The smallest absolute Gasteiger partial charge is 0.305 e. The lowest BCUT2D eigenvalue weighted by Crippen LogP contribution is -2.59. The van der Waals surface area contributed by atoms with Crippen LogP contribution in [0.1, 0.15) is 90.9 Å². The predicted octanol–water partition coefficient (Wildman–Crippen LogP) is 3.07. The molecule has 29 heavy (non-hydrogen) atoms. The van der Waals surface area contributed by atoms with Gasteiger partial charge in [-0.25, -0.2) is 0 Å². The van der Waals surface area contributed by atoms with Gasteiger partial charge in [-0.3, -0.25) is 4.79 Å². The van der Waals surface area contributed by atoms with E-state index in [-0.39, 0.29) is 12.6 Å². The average molecular weight is 419 g/mol. The monoisotopic (exact) mass is 418 g/mol. The lowest BCUT2D eigenvalue weighted by molar-refractivity contribution is -0.301. The van der Waals surface area contributed by atoms with E-state index in [9.17, 15) is 20.1 Å². The van der Waals surface area contributed by atoms with Gasteiger partial charge in [-0.05, 0) is 12.8 Å². The van der Waals surface area contributed by atoms with Crippen LogP contribution in [-0.2, 0) is 19.0 Å². The highest BCUT2D eigenvalue weighted by Gasteiger charge is 2.44. The van der Waals surface area contributed by atoms with Crippen molar-refractivity contribution < 1.29 is 34.3 Å². The Bertz CT molecular complexity index is 418. The average Bonchev–Trinajstić information content (AvgIpc) is 2.72. The maximum atomic E-state index is 11.9. The number of carbonyl (C=O) groups is 1. The van der Waals surface area contributed by atoms with Crippen LogP contribution in [0, 0.1) is 0 Å². The number of aliphatic hydroxyl groups excluding tert-OH is 3. The number of rotatable bonds is 16. The predicted molar refractivity (Wildman–Crippen MR) is 110 cm³/mol. The normalized spacial score (nSPS) is 27.1. The highest BCUT2D eigenvalue weighted by atomic mass is 16.7. The van der Waals surface area contributed by atoms with E-state index in [4.69, 9.17) is 14.2 Å². The molecule has 5 atom stereocenters. The van der Waals surface area contributed by atoms with Gasteiger partial charge in [0.1, 0.15) is 31.0 Å². The minimum atomic E-state index is -1.41. The number of aliphatic hydroxyl groups is 3. The quantitative estimate of drug-likeness (QED) is 0.261. The Morgan fingerprint density at radius 1 is 0.793 bits per heavy atom. The number of hydrogen-bond acceptors (Lipinski definition) is 7. The Hall–Kier alpha value is -0.730. The topological polar surface area (TPSA) is 105 Å². The van der Waals surface area contributed by atoms with Gasteiger partial charge in [0.2, 0.25) is 0 Å². The molecule has 1 aliphatic heterocycles. The molecule has 0 bridgehead atoms. The fourth-order valence-corrected chi connectivity index (χ4v) is 3.39. The molecule has 0 radical (unpaired) electrons. The first-order valence-electron chi connectivity index (χ1n) is 11.5. The molecule has 0 aliphatic carbocycles. The molecule has 0 aromatic carbocycles. The van der Waals surface area contributed by atoms with Gasteiger partial charge in [-0.2, -0.15) is 0 Å². The molecule has 1 saturated heterocycles. The molecular formula is C22H42O7. The van der Waals surface area contributed by atoms with Crippen molar-refractivity contribution in [3.05, 3.63) is 0 Å². The van der Waals surface area contributed by atoms with Crippen molar-refractivity contribution in [2.75, 3.05) is 13.2 Å². The molecule has 1 rings (SSSR count). The number of esters is 1. The van der Waals surface area contributed by atoms with Gasteiger partial charge in [0, 0.05) is 13.0 Å². The zero-order valence-electron chi connectivity index (χ0n) is 18.3. The summed E-state index contributed by atoms with van der Waals surface area (Å²) in [5.41, 5.74) is 0. The first-order chi connectivity index (χ1) is 14.0. The Balaban J connectivity index is 2.30. The van der Waals surface area contributed by atoms with Gasteiger partial charge in [0.15, 0.2) is 6.29 Å². The van der Waals surface area contributed by atoms with Crippen LogP contribution in [0.2, 0.25) is 0 Å². The summed E-state index contributed by atoms with van der Waals surface area (Å²) < 4.78 is 16.3. The minimum absolute atomic E-state index is 0.171. The lowest BCUT2D eigenvalue weighted by atomic mass is 9.99. The fraction of sp³-hybridized carbons (Fsp3) is 0.955. The largest absolute Gasteiger partial charge is 0.463 e. The van der Waals surface area contributed by atoms with Gasteiger partial charge in [0.25, 0.3) is 0 Å². The second-order valence-corrected chi connectivity index (χ2v) is 8.00. The lowest BCUT2D eigenvalue weighted by Gasteiger charge is -2.40. The third kappa shape index (κ3) is 10.7. The third-order valence-corrected chi connectivity index (χ3v) is 5.34. The van der Waals surface area contributed by atoms with Gasteiger partial charge < -0.3 is 29.5 Å². The summed E-state index contributed by atoms with van der Waals surface area (Å²) in [4.78, 5) is 11.9. The molecule has 0 spiro atoms. The highest BCUT2D eigenvalue weighted by Crippen LogP contribution is 2.23. The molecular weight excluding hydrogens is 376 g/mol. The summed E-state index contributed by atoms with van der Waals surface area (Å²) in [7, 11) is 0. The molecule has 0 aromatic rings. The molecule has 1 heterocycles. The van der Waals surface area contributed by atoms with E-state index in [1.165, 1.54) is 19.3 Å². The van der Waals surface area contributed by atoms with Crippen LogP contribution < -0.4 is 0 Å². The highest BCUT2D eigenvalue weighted by molar-refractivity contribution is 5.69. The summed E-state index contributed by atoms with van der Waals surface area (Å²) in [5.74, 6) is -0.345. The van der Waals surface area contributed by atoms with Crippen LogP contribution in [0.4, 0.5) is 0 Å². The molecule has 3 N–H and O–H groups in total. The molecule has 1 fully saturated rings. The van der Waals surface area contributed by atoms with Crippen molar-refractivity contribution in [3.8, 4) is 0 Å². The molecule has 172 valence electrons. The summed E-state index contributed by atoms with van der Waals surface area (Å²) in [5, 5.41) is 30.3. The molecule has 7 nitrogen and oxygen atoms in total. The standard InChI is InChI=1S/C22H42O7/c1-3-5-7-9-11-13-15-27-22-21(26)20(25)19(24)17(29-22)16-28-18(23)14-12-10-8-6-4-2/h17,19-22,24-26H,3-16H2,1-2H3/t17-,19-,20+,21-,22-/m1/s1. The van der Waals surface area contributed by atoms with E-state index in [0.717, 1.165) is 51.4 Å². The van der Waals surface area contributed by atoms with E-state index in [1.807, 2.05) is 0 Å². The van der Waals surface area contributed by atoms with Crippen LogP contribution >= 0.6 is 0 Å². The molecule has 0 saturated carbocycles. The SMILES string of the molecule is CCCCCCCCO[C@@H]1O[C@H](COC(=O)CCCCCCC)[C@@H](O)[C@H](O)[C@H]1O. The van der Waals surface area contributed by atoms with Crippen molar-refractivity contribution in [1.82, 2.24) is 0 Å². The van der Waals surface area contributed by atoms with Crippen molar-refractivity contribution in [2.45, 2.75) is 122 Å². The van der Waals surface area contributed by atoms with Crippen LogP contribution in [0.5, 0.6) is 0 Å². The van der Waals surface area contributed by atoms with E-state index < -0.39 is 30.7 Å². The van der Waals surface area contributed by atoms with Gasteiger partial charge in [0.05, 0.1) is 0 Å². The molecule has 1 aliphatic rings. The van der Waals surface area contributed by atoms with Crippen LogP contribution in [0.3, 0.4) is 0 Å². The van der Waals surface area contributed by atoms with E-state index >= 15 is 0 Å². The first-order valence-corrected chi connectivity index (χ1v) is 11.5. The fourth-order valence-electron chi connectivity index (χ4n) is 3.39. The number of carbonyl (C=O) groups excluding carboxylic acids is 1. The number of unbranched alkanes of at least 4 members (excludes halogenated alkanes) is 9. The zero-order chi connectivity index (χ0) is 21.5. The van der Waals surface area contributed by atoms with Crippen molar-refractivity contribution in [1.29, 1.82) is 0 Å². The van der Waals surface area contributed by atoms with Crippen molar-refractivity contribution in [2.24, 2.45) is 0 Å². The maximum absolute atomic E-state index is 11.9. The second kappa shape index (κ2) is 16.0. The molecule has 0 amide bonds. The van der Waals surface area contributed by atoms with E-state index in [0.29, 0.717) is 13.0 Å². The van der Waals surface area contributed by atoms with Crippen molar-refractivity contribution in [3.63, 3.8) is 0 Å². The van der Waals surface area contributed by atoms with Crippen LogP contribution in [0.25, 0.3) is 0 Å². The molecule has 0 aromatic heterocycles. The summed E-state index contributed by atoms with van der Waals surface area (Å²) in [6.07, 6.45) is 6.12. The molecule has 7 heteroatoms. The minimum Gasteiger partial charge on any atom is -0.463 e. The number of hydrogen-bond donors (Lipinski definition) is 3. The summed E-state index contributed by atoms with van der Waals surface area (Å²) >= 11 is 0. The van der Waals surface area contributed by atoms with Gasteiger partial charge in [-0.15, -0.1) is 0 Å². The van der Waals surface area contributed by atoms with Crippen LogP contribution in [0.15, 0.2) is 0 Å². The Labute approximate surface area is 175 Å². The zero-order valence-corrected chi connectivity index (χ0v) is 18.3. The Morgan fingerprint density at radius 2 is 1.38 bits per heavy atom. The van der Waals surface area contributed by atoms with Crippen LogP contribution in [-0.4, -0.2) is 65.2 Å². The third-order valence-electron chi connectivity index (χ3n) is 5.34. The Kier molecular flexibility index (Phi) is 14.5. The summed E-state index contributed by atoms with van der Waals surface area (Å²) in [6, 6.07) is 0.